The molecule has 0 spiro atoms. The normalized spacial score (nSPS) is 11.1. The summed E-state index contributed by atoms with van der Waals surface area (Å²) in [5.74, 6) is 1.16. The molecule has 0 atom stereocenters. The maximum absolute atomic E-state index is 10.7. The first-order chi connectivity index (χ1) is 32.3. The Balaban J connectivity index is 0.000000312. The van der Waals surface area contributed by atoms with E-state index in [2.05, 4.69) is 202 Å². The van der Waals surface area contributed by atoms with Gasteiger partial charge in [-0.1, -0.05) is 121 Å². The van der Waals surface area contributed by atoms with Gasteiger partial charge in [0.2, 0.25) is 0 Å². The fourth-order valence-electron chi connectivity index (χ4n) is 5.56. The quantitative estimate of drug-likeness (QED) is 0.0363. The Morgan fingerprint density at radius 3 is 0.657 bits per heavy atom. The number of alkyl halides is 6. The molecule has 0 aliphatic carbocycles. The molecule has 0 bridgehead atoms. The summed E-state index contributed by atoms with van der Waals surface area (Å²) >= 11 is 0. The van der Waals surface area contributed by atoms with Crippen molar-refractivity contribution in [1.29, 1.82) is 0 Å². The van der Waals surface area contributed by atoms with Crippen LogP contribution in [0, 0.1) is 0 Å². The third kappa shape index (κ3) is 21.5. The molecule has 0 radical (unpaired) electrons. The molecule has 22 heteroatoms. The van der Waals surface area contributed by atoms with E-state index in [1.54, 1.807) is 24.5 Å². The van der Waals surface area contributed by atoms with Crippen molar-refractivity contribution in [1.82, 2.24) is 9.97 Å². The first kappa shape index (κ1) is 61.1. The van der Waals surface area contributed by atoms with Gasteiger partial charge in [0.05, 0.1) is 15.8 Å². The maximum Gasteiger partial charge on any atom is 1.00 e. The number of benzene rings is 6. The van der Waals surface area contributed by atoms with Gasteiger partial charge in [-0.2, -0.15) is 26.3 Å². The number of pyridine rings is 2. The zero-order valence-electron chi connectivity index (χ0n) is 35.9. The first-order valence-electron chi connectivity index (χ1n) is 19.7. The maximum atomic E-state index is 10.7. The van der Waals surface area contributed by atoms with Crippen LogP contribution in [0.25, 0.3) is 0 Å². The molecule has 0 saturated heterocycles. The van der Waals surface area contributed by atoms with Gasteiger partial charge in [0.15, 0.2) is 31.9 Å². The standard InChI is InChI=1S/2C18H15P.C10H8N4.2CHF3O3S.2Au/c2*1-4-10-16(11-5-1)19(17-12-6-2-7-13-17)18-14-8-3-9-15-18;1-3-7-11-9(5-1)13-14-10-6-2-4-8-12-10;2*2-1(3,4)8(5,6)7;;/h2*1-15H;1-8H;2*(H,5,6,7);;/q;;;;;2*+1/b;;14-13+;;;;. The summed E-state index contributed by atoms with van der Waals surface area (Å²) < 4.78 is 118. The Labute approximate surface area is 435 Å². The van der Waals surface area contributed by atoms with Crippen LogP contribution in [-0.2, 0) is 65.0 Å². The Morgan fingerprint density at radius 1 is 0.343 bits per heavy atom. The number of rotatable bonds is 8. The number of halogens is 6. The zero-order chi connectivity index (χ0) is 49.5. The Kier molecular flexibility index (Phi) is 26.7. The van der Waals surface area contributed by atoms with Crippen LogP contribution in [0.1, 0.15) is 0 Å². The molecule has 0 fully saturated rings. The second-order valence-electron chi connectivity index (χ2n) is 13.3. The molecular weight excluding hydrogens is 1360 g/mol. The fraction of sp³-hybridized carbons (Fsp3) is 0.0417. The van der Waals surface area contributed by atoms with Gasteiger partial charge in [-0.05, 0) is 97.1 Å². The van der Waals surface area contributed by atoms with E-state index in [1.165, 1.54) is 31.8 Å². The number of azo groups is 1. The van der Waals surface area contributed by atoms with Gasteiger partial charge in [0.1, 0.15) is 31.8 Å². The van der Waals surface area contributed by atoms with Crippen molar-refractivity contribution in [3.63, 3.8) is 0 Å². The van der Waals surface area contributed by atoms with E-state index >= 15 is 0 Å². The second-order valence-corrected chi connectivity index (χ2v) is 21.0. The Bertz CT molecular complexity index is 2530. The summed E-state index contributed by atoms with van der Waals surface area (Å²) in [5.41, 5.74) is -11.3. The van der Waals surface area contributed by atoms with Crippen molar-refractivity contribution >= 4 is 79.5 Å². The van der Waals surface area contributed by atoms with Crippen molar-refractivity contribution in [3.8, 4) is 0 Å². The van der Waals surface area contributed by atoms with Gasteiger partial charge in [-0.3, -0.25) is 0 Å². The van der Waals surface area contributed by atoms with E-state index in [0.717, 1.165) is 0 Å². The Morgan fingerprint density at radius 2 is 0.514 bits per heavy atom. The number of nitrogens with zero attached hydrogens (tertiary/aromatic N) is 4. The molecule has 372 valence electrons. The molecule has 0 N–H and O–H groups in total. The molecule has 0 aliphatic rings. The summed E-state index contributed by atoms with van der Waals surface area (Å²) in [6, 6.07) is 76.0. The van der Waals surface area contributed by atoms with Crippen molar-refractivity contribution in [2.75, 3.05) is 0 Å². The molecule has 0 aliphatic heterocycles. The van der Waals surface area contributed by atoms with E-state index in [1.807, 2.05) is 24.3 Å². The monoisotopic (exact) mass is 1400 g/mol. The molecule has 0 unspecified atom stereocenters. The van der Waals surface area contributed by atoms with E-state index in [-0.39, 0.29) is 44.8 Å². The molecule has 2 aromatic heterocycles. The molecule has 8 aromatic rings. The molecule has 6 aromatic carbocycles. The molecule has 0 amide bonds. The van der Waals surface area contributed by atoms with E-state index in [9.17, 15) is 26.3 Å². The van der Waals surface area contributed by atoms with E-state index in [4.69, 9.17) is 25.9 Å². The minimum absolute atomic E-state index is 0. The van der Waals surface area contributed by atoms with Crippen molar-refractivity contribution in [3.05, 3.63) is 231 Å². The molecule has 8 rings (SSSR count). The third-order valence-electron chi connectivity index (χ3n) is 8.50. The van der Waals surface area contributed by atoms with Gasteiger partial charge >= 0.3 is 55.8 Å². The minimum atomic E-state index is -6.09. The van der Waals surface area contributed by atoms with Crippen LogP contribution in [0.15, 0.2) is 241 Å². The average Bonchev–Trinajstić information content (AvgIpc) is 3.33. The van der Waals surface area contributed by atoms with Gasteiger partial charge in [-0.15, -0.1) is 10.2 Å². The van der Waals surface area contributed by atoms with Crippen molar-refractivity contribution in [2.24, 2.45) is 10.2 Å². The second kappa shape index (κ2) is 30.6. The predicted molar refractivity (Wildman–Crippen MR) is 257 cm³/mol. The van der Waals surface area contributed by atoms with Gasteiger partial charge in [-0.25, -0.2) is 26.8 Å². The van der Waals surface area contributed by atoms with Crippen LogP contribution >= 0.6 is 15.8 Å². The predicted octanol–water partition coefficient (Wildman–Crippen LogP) is 9.34. The van der Waals surface area contributed by atoms with Crippen LogP contribution in [-0.4, -0.2) is 46.9 Å². The molecule has 0 saturated carbocycles. The van der Waals surface area contributed by atoms with Crippen molar-refractivity contribution < 1.29 is 97.0 Å². The number of hydrogen-bond acceptors (Lipinski definition) is 10. The van der Waals surface area contributed by atoms with Crippen molar-refractivity contribution in [2.45, 2.75) is 11.0 Å². The summed E-state index contributed by atoms with van der Waals surface area (Å²) in [6.07, 6.45) is 3.35. The molecule has 2 heterocycles. The molecule has 70 heavy (non-hydrogen) atoms. The van der Waals surface area contributed by atoms with Crippen LogP contribution in [0.2, 0.25) is 0 Å². The zero-order valence-corrected chi connectivity index (χ0v) is 43.8. The minimum Gasteiger partial charge on any atom is -0.741 e. The summed E-state index contributed by atoms with van der Waals surface area (Å²) in [5, 5.41) is 16.5. The number of hydrogen-bond donors (Lipinski definition) is 0. The largest absolute Gasteiger partial charge is 1.00 e. The smallest absolute Gasteiger partial charge is 0.741 e. The van der Waals surface area contributed by atoms with Crippen LogP contribution in [0.4, 0.5) is 38.0 Å². The van der Waals surface area contributed by atoms with Gasteiger partial charge in [0.25, 0.3) is 0 Å². The van der Waals surface area contributed by atoms with Crippen LogP contribution in [0.5, 0.6) is 0 Å². The summed E-state index contributed by atoms with van der Waals surface area (Å²) in [6.45, 7) is 0. The average molecular weight is 1400 g/mol. The van der Waals surface area contributed by atoms with Gasteiger partial charge < -0.3 is 9.11 Å². The fourth-order valence-corrected chi connectivity index (χ4v) is 10.7. The molecule has 10 nitrogen and oxygen atoms in total. The number of aromatic nitrogens is 2. The van der Waals surface area contributed by atoms with Crippen LogP contribution in [0.3, 0.4) is 0 Å². The first-order valence-corrected chi connectivity index (χ1v) is 25.5. The third-order valence-corrected chi connectivity index (χ3v) is 15.1. The van der Waals surface area contributed by atoms with Gasteiger partial charge in [0, 0.05) is 12.4 Å². The molecular formula is C48H40Au2F6N4O6P2S2+2. The van der Waals surface area contributed by atoms with Crippen LogP contribution < -0.4 is 31.8 Å². The summed E-state index contributed by atoms with van der Waals surface area (Å²) in [7, 11) is -13.9. The van der Waals surface area contributed by atoms with E-state index < -0.39 is 47.1 Å². The Hall–Kier alpha value is -5.04. The SMILES string of the molecule is O=S(=O)([O-])C(F)(F)F.O=S(=O)([O-])C(F)(F)F.[Au+].[Au+].c1ccc(/N=N/c2ccccn2)nc1.c1ccc([PH+](c2ccccc2)c2ccccc2)cc1.c1ccc([PH+](c2ccccc2)c2ccccc2)cc1. The van der Waals surface area contributed by atoms with E-state index in [0.29, 0.717) is 11.6 Å². The summed E-state index contributed by atoms with van der Waals surface area (Å²) in [4.78, 5) is 8.01. The topological polar surface area (TPSA) is 165 Å².